The van der Waals surface area contributed by atoms with E-state index in [1.54, 1.807) is 6.07 Å². The van der Waals surface area contributed by atoms with Crippen LogP contribution < -0.4 is 14.8 Å². The molecule has 2 aromatic carbocycles. The molecule has 25 heavy (non-hydrogen) atoms. The van der Waals surface area contributed by atoms with E-state index in [-0.39, 0.29) is 12.5 Å². The van der Waals surface area contributed by atoms with E-state index in [2.05, 4.69) is 51.0 Å². The third-order valence-corrected chi connectivity index (χ3v) is 4.45. The summed E-state index contributed by atoms with van der Waals surface area (Å²) in [6.07, 6.45) is 0.993. The van der Waals surface area contributed by atoms with Gasteiger partial charge in [0.25, 0.3) is 5.91 Å². The maximum absolute atomic E-state index is 12.1. The molecule has 0 saturated carbocycles. The average molecular weight is 471 g/mol. The van der Waals surface area contributed by atoms with Crippen molar-refractivity contribution in [3.05, 3.63) is 51.4 Å². The van der Waals surface area contributed by atoms with Crippen LogP contribution in [0.4, 0.5) is 5.69 Å². The summed E-state index contributed by atoms with van der Waals surface area (Å²) in [6, 6.07) is 12.9. The lowest BCUT2D eigenvalue weighted by Gasteiger charge is -2.11. The molecule has 0 heterocycles. The fourth-order valence-electron chi connectivity index (χ4n) is 2.01. The largest absolute Gasteiger partial charge is 0.494 e. The monoisotopic (exact) mass is 469 g/mol. The zero-order valence-corrected chi connectivity index (χ0v) is 17.4. The van der Waals surface area contributed by atoms with E-state index >= 15 is 0 Å². The number of nitrogens with one attached hydrogen (secondary N) is 1. The van der Waals surface area contributed by atoms with Crippen molar-refractivity contribution in [3.8, 4) is 11.5 Å². The third-order valence-electron chi connectivity index (χ3n) is 3.33. The molecule has 0 aliphatic rings. The van der Waals surface area contributed by atoms with Crippen LogP contribution in [0.25, 0.3) is 0 Å². The first-order valence-electron chi connectivity index (χ1n) is 8.04. The van der Waals surface area contributed by atoms with Crippen LogP contribution in [0.5, 0.6) is 11.5 Å². The van der Waals surface area contributed by atoms with Gasteiger partial charge in [-0.3, -0.25) is 4.79 Å². The normalized spacial score (nSPS) is 10.6. The van der Waals surface area contributed by atoms with Gasteiger partial charge in [0.2, 0.25) is 0 Å². The number of amides is 1. The molecule has 0 atom stereocenters. The third kappa shape index (κ3) is 7.08. The highest BCUT2D eigenvalue weighted by atomic mass is 79.9. The quantitative estimate of drug-likeness (QED) is 0.541. The van der Waals surface area contributed by atoms with E-state index in [1.807, 2.05) is 36.4 Å². The van der Waals surface area contributed by atoms with Crippen molar-refractivity contribution in [1.29, 1.82) is 0 Å². The van der Waals surface area contributed by atoms with Crippen LogP contribution in [0.15, 0.2) is 51.4 Å². The highest BCUT2D eigenvalue weighted by Gasteiger charge is 2.07. The Morgan fingerprint density at radius 1 is 1.12 bits per heavy atom. The Hall–Kier alpha value is -1.53. The molecule has 0 aliphatic heterocycles. The zero-order valence-electron chi connectivity index (χ0n) is 14.2. The molecule has 6 heteroatoms. The molecular formula is C19H21Br2NO3. The van der Waals surface area contributed by atoms with Gasteiger partial charge in [-0.1, -0.05) is 35.8 Å². The van der Waals surface area contributed by atoms with Crippen molar-refractivity contribution in [1.82, 2.24) is 0 Å². The molecule has 0 saturated heterocycles. The van der Waals surface area contributed by atoms with Gasteiger partial charge < -0.3 is 14.8 Å². The van der Waals surface area contributed by atoms with Crippen molar-refractivity contribution < 1.29 is 14.3 Å². The minimum absolute atomic E-state index is 0.0708. The van der Waals surface area contributed by atoms with E-state index in [1.165, 1.54) is 0 Å². The summed E-state index contributed by atoms with van der Waals surface area (Å²) in [4.78, 5) is 12.1. The van der Waals surface area contributed by atoms with Crippen LogP contribution >= 0.6 is 31.9 Å². The number of halogens is 2. The smallest absolute Gasteiger partial charge is 0.262 e. The lowest BCUT2D eigenvalue weighted by atomic mass is 10.1. The summed E-state index contributed by atoms with van der Waals surface area (Å²) in [5, 5.41) is 2.81. The molecule has 2 rings (SSSR count). The van der Waals surface area contributed by atoms with E-state index in [0.717, 1.165) is 21.1 Å². The molecule has 0 unspecified atom stereocenters. The van der Waals surface area contributed by atoms with Gasteiger partial charge in [-0.25, -0.2) is 0 Å². The SMILES string of the molecule is CC(C)CCOc1cccc(NC(=O)COc2ccc(Br)cc2Br)c1. The van der Waals surface area contributed by atoms with E-state index < -0.39 is 0 Å². The van der Waals surface area contributed by atoms with Gasteiger partial charge in [0.05, 0.1) is 11.1 Å². The number of benzene rings is 2. The van der Waals surface area contributed by atoms with Crippen molar-refractivity contribution in [2.24, 2.45) is 5.92 Å². The summed E-state index contributed by atoms with van der Waals surface area (Å²) in [6.45, 7) is 4.90. The molecule has 4 nitrogen and oxygen atoms in total. The Morgan fingerprint density at radius 3 is 2.64 bits per heavy atom. The molecule has 0 radical (unpaired) electrons. The average Bonchev–Trinajstić information content (AvgIpc) is 2.54. The summed E-state index contributed by atoms with van der Waals surface area (Å²) in [5.41, 5.74) is 0.686. The topological polar surface area (TPSA) is 47.6 Å². The molecule has 134 valence electrons. The molecule has 0 aliphatic carbocycles. The van der Waals surface area contributed by atoms with Gasteiger partial charge in [-0.15, -0.1) is 0 Å². The first-order chi connectivity index (χ1) is 11.9. The van der Waals surface area contributed by atoms with Gasteiger partial charge in [-0.2, -0.15) is 0 Å². The van der Waals surface area contributed by atoms with Gasteiger partial charge in [0, 0.05) is 16.2 Å². The second-order valence-corrected chi connectivity index (χ2v) is 7.74. The molecule has 0 aromatic heterocycles. The fourth-order valence-corrected chi connectivity index (χ4v) is 3.17. The number of rotatable bonds is 8. The summed E-state index contributed by atoms with van der Waals surface area (Å²) in [5.74, 6) is 1.73. The molecular weight excluding hydrogens is 450 g/mol. The van der Waals surface area contributed by atoms with E-state index in [0.29, 0.717) is 24.0 Å². The number of carbonyl (C=O) groups excluding carboxylic acids is 1. The Morgan fingerprint density at radius 2 is 1.92 bits per heavy atom. The highest BCUT2D eigenvalue weighted by Crippen LogP contribution is 2.28. The number of carbonyl (C=O) groups is 1. The van der Waals surface area contributed by atoms with Crippen LogP contribution in [0.2, 0.25) is 0 Å². The summed E-state index contributed by atoms with van der Waals surface area (Å²) in [7, 11) is 0. The Bertz CT molecular complexity index is 720. The zero-order chi connectivity index (χ0) is 18.2. The molecule has 2 aromatic rings. The van der Waals surface area contributed by atoms with Crippen molar-refractivity contribution in [3.63, 3.8) is 0 Å². The lowest BCUT2D eigenvalue weighted by Crippen LogP contribution is -2.20. The first kappa shape index (κ1) is 19.8. The fraction of sp³-hybridized carbons (Fsp3) is 0.316. The highest BCUT2D eigenvalue weighted by molar-refractivity contribution is 9.11. The second-order valence-electron chi connectivity index (χ2n) is 5.97. The van der Waals surface area contributed by atoms with Crippen molar-refractivity contribution in [2.45, 2.75) is 20.3 Å². The molecule has 0 fully saturated rings. The summed E-state index contributed by atoms with van der Waals surface area (Å²) < 4.78 is 13.0. The number of ether oxygens (including phenoxy) is 2. The maximum Gasteiger partial charge on any atom is 0.262 e. The van der Waals surface area contributed by atoms with E-state index in [4.69, 9.17) is 9.47 Å². The van der Waals surface area contributed by atoms with E-state index in [9.17, 15) is 4.79 Å². The first-order valence-corrected chi connectivity index (χ1v) is 9.63. The summed E-state index contributed by atoms with van der Waals surface area (Å²) >= 11 is 6.78. The number of hydrogen-bond acceptors (Lipinski definition) is 3. The molecule has 0 spiro atoms. The standard InChI is InChI=1S/C19H21Br2NO3/c1-13(2)8-9-24-16-5-3-4-15(11-16)22-19(23)12-25-18-7-6-14(20)10-17(18)21/h3-7,10-11,13H,8-9,12H2,1-2H3,(H,22,23). The predicted molar refractivity (Wildman–Crippen MR) is 107 cm³/mol. The maximum atomic E-state index is 12.1. The van der Waals surface area contributed by atoms with Crippen LogP contribution in [-0.2, 0) is 4.79 Å². The van der Waals surface area contributed by atoms with Crippen molar-refractivity contribution in [2.75, 3.05) is 18.5 Å². The van der Waals surface area contributed by atoms with Gasteiger partial charge in [-0.05, 0) is 58.6 Å². The second kappa shape index (κ2) is 9.82. The van der Waals surface area contributed by atoms with Crippen LogP contribution in [-0.4, -0.2) is 19.1 Å². The lowest BCUT2D eigenvalue weighted by molar-refractivity contribution is -0.118. The Kier molecular flexibility index (Phi) is 7.78. The number of anilines is 1. The minimum Gasteiger partial charge on any atom is -0.494 e. The van der Waals surface area contributed by atoms with Crippen molar-refractivity contribution >= 4 is 43.5 Å². The van der Waals surface area contributed by atoms with Gasteiger partial charge in [0.15, 0.2) is 6.61 Å². The Balaban J connectivity index is 1.85. The van der Waals surface area contributed by atoms with Crippen LogP contribution in [0, 0.1) is 5.92 Å². The number of hydrogen-bond donors (Lipinski definition) is 1. The van der Waals surface area contributed by atoms with Gasteiger partial charge in [0.1, 0.15) is 11.5 Å². The molecule has 1 N–H and O–H groups in total. The molecule has 1 amide bonds. The predicted octanol–water partition coefficient (Wildman–Crippen LogP) is 5.65. The van der Waals surface area contributed by atoms with Crippen LogP contribution in [0.3, 0.4) is 0 Å². The van der Waals surface area contributed by atoms with Gasteiger partial charge >= 0.3 is 0 Å². The minimum atomic E-state index is -0.228. The molecule has 0 bridgehead atoms. The Labute approximate surface area is 165 Å². The van der Waals surface area contributed by atoms with Crippen LogP contribution in [0.1, 0.15) is 20.3 Å².